The highest BCUT2D eigenvalue weighted by molar-refractivity contribution is 6.31. The second-order valence-electron chi connectivity index (χ2n) is 5.97. The molecule has 0 fully saturated rings. The standard InChI is InChI=1S/C20H17ClN4O3/c1-12-8-16(28-13(12)2)11-23-25-20(27)17-9-15(21)5-6-18(17)24-19(26)14-4-3-7-22-10-14/h3-11H,1-2H3,(H,24,26)(H,25,27)/b23-11+. The minimum Gasteiger partial charge on any atom is -0.460 e. The normalized spacial score (nSPS) is 10.8. The van der Waals surface area contributed by atoms with Crippen LogP contribution in [0.1, 0.15) is 37.8 Å². The van der Waals surface area contributed by atoms with Crippen molar-refractivity contribution in [2.45, 2.75) is 13.8 Å². The first kappa shape index (κ1) is 19.3. The van der Waals surface area contributed by atoms with Crippen LogP contribution in [0.5, 0.6) is 0 Å². The number of nitrogens with zero attached hydrogens (tertiary/aromatic N) is 2. The van der Waals surface area contributed by atoms with E-state index < -0.39 is 11.8 Å². The molecule has 0 aliphatic rings. The van der Waals surface area contributed by atoms with Crippen LogP contribution < -0.4 is 10.7 Å². The van der Waals surface area contributed by atoms with Crippen molar-refractivity contribution >= 4 is 35.3 Å². The van der Waals surface area contributed by atoms with Crippen LogP contribution in [0.4, 0.5) is 5.69 Å². The number of hydrogen-bond acceptors (Lipinski definition) is 5. The van der Waals surface area contributed by atoms with Gasteiger partial charge in [-0.1, -0.05) is 11.6 Å². The average Bonchev–Trinajstić information content (AvgIpc) is 3.01. The Morgan fingerprint density at radius 1 is 1.18 bits per heavy atom. The van der Waals surface area contributed by atoms with Crippen LogP contribution in [0.15, 0.2) is 58.3 Å². The molecule has 0 saturated carbocycles. The third kappa shape index (κ3) is 4.63. The van der Waals surface area contributed by atoms with Gasteiger partial charge in [0.2, 0.25) is 0 Å². The molecule has 142 valence electrons. The summed E-state index contributed by atoms with van der Waals surface area (Å²) in [5.41, 5.74) is 4.24. The third-order valence-corrected chi connectivity index (χ3v) is 4.18. The van der Waals surface area contributed by atoms with E-state index in [2.05, 4.69) is 20.8 Å². The molecule has 2 amide bonds. The van der Waals surface area contributed by atoms with Crippen molar-refractivity contribution in [3.63, 3.8) is 0 Å². The van der Waals surface area contributed by atoms with Crippen LogP contribution in [-0.4, -0.2) is 23.0 Å². The molecule has 3 rings (SSSR count). The minimum atomic E-state index is -0.528. The molecule has 3 aromatic rings. The molecule has 2 N–H and O–H groups in total. The Balaban J connectivity index is 1.76. The van der Waals surface area contributed by atoms with Gasteiger partial charge in [-0.25, -0.2) is 5.43 Å². The van der Waals surface area contributed by atoms with Crippen LogP contribution in [0.25, 0.3) is 0 Å². The highest BCUT2D eigenvalue weighted by Gasteiger charge is 2.15. The zero-order valence-electron chi connectivity index (χ0n) is 15.2. The molecule has 0 bridgehead atoms. The van der Waals surface area contributed by atoms with Gasteiger partial charge >= 0.3 is 0 Å². The lowest BCUT2D eigenvalue weighted by Gasteiger charge is -2.10. The van der Waals surface area contributed by atoms with Crippen molar-refractivity contribution in [3.05, 3.63) is 82.0 Å². The molecule has 0 unspecified atom stereocenters. The number of amides is 2. The first-order chi connectivity index (χ1) is 13.4. The largest absolute Gasteiger partial charge is 0.460 e. The van der Waals surface area contributed by atoms with E-state index in [0.29, 0.717) is 22.0 Å². The highest BCUT2D eigenvalue weighted by Crippen LogP contribution is 2.21. The van der Waals surface area contributed by atoms with Crippen LogP contribution >= 0.6 is 11.6 Å². The van der Waals surface area contributed by atoms with E-state index in [1.54, 1.807) is 30.5 Å². The summed E-state index contributed by atoms with van der Waals surface area (Å²) in [5, 5.41) is 6.93. The molecule has 28 heavy (non-hydrogen) atoms. The number of benzene rings is 1. The SMILES string of the molecule is Cc1cc(/C=N/NC(=O)c2cc(Cl)ccc2NC(=O)c2cccnc2)oc1C. The molecule has 7 nitrogen and oxygen atoms in total. The Kier molecular flexibility index (Phi) is 5.86. The Morgan fingerprint density at radius 3 is 2.68 bits per heavy atom. The van der Waals surface area contributed by atoms with Gasteiger partial charge in [-0.15, -0.1) is 0 Å². The van der Waals surface area contributed by atoms with Gasteiger partial charge in [-0.05, 0) is 55.8 Å². The number of rotatable bonds is 5. The van der Waals surface area contributed by atoms with E-state index >= 15 is 0 Å². The summed E-state index contributed by atoms with van der Waals surface area (Å²) in [7, 11) is 0. The van der Waals surface area contributed by atoms with Crippen molar-refractivity contribution in [2.75, 3.05) is 5.32 Å². The Labute approximate surface area is 166 Å². The van der Waals surface area contributed by atoms with E-state index in [1.165, 1.54) is 18.5 Å². The lowest BCUT2D eigenvalue weighted by molar-refractivity contribution is 0.0956. The number of aromatic nitrogens is 1. The quantitative estimate of drug-likeness (QED) is 0.504. The van der Waals surface area contributed by atoms with Crippen LogP contribution in [0.2, 0.25) is 5.02 Å². The van der Waals surface area contributed by atoms with Crippen molar-refractivity contribution in [1.29, 1.82) is 0 Å². The van der Waals surface area contributed by atoms with Crippen LogP contribution in [0.3, 0.4) is 0 Å². The van der Waals surface area contributed by atoms with E-state index in [4.69, 9.17) is 16.0 Å². The van der Waals surface area contributed by atoms with Gasteiger partial charge < -0.3 is 9.73 Å². The van der Waals surface area contributed by atoms with E-state index in [1.807, 2.05) is 19.9 Å². The average molecular weight is 397 g/mol. The summed E-state index contributed by atoms with van der Waals surface area (Å²) < 4.78 is 5.46. The number of halogens is 1. The summed E-state index contributed by atoms with van der Waals surface area (Å²) >= 11 is 6.01. The summed E-state index contributed by atoms with van der Waals surface area (Å²) in [6, 6.07) is 9.66. The monoisotopic (exact) mass is 396 g/mol. The van der Waals surface area contributed by atoms with Crippen molar-refractivity contribution in [2.24, 2.45) is 5.10 Å². The summed E-state index contributed by atoms with van der Waals surface area (Å²) in [6.45, 7) is 3.76. The minimum absolute atomic E-state index is 0.175. The van der Waals surface area contributed by atoms with Crippen molar-refractivity contribution < 1.29 is 14.0 Å². The highest BCUT2D eigenvalue weighted by atomic mass is 35.5. The number of hydrazone groups is 1. The number of hydrogen-bond donors (Lipinski definition) is 2. The predicted octanol–water partition coefficient (Wildman–Crippen LogP) is 3.96. The first-order valence-electron chi connectivity index (χ1n) is 8.35. The topological polar surface area (TPSA) is 96.6 Å². The fraction of sp³-hybridized carbons (Fsp3) is 0.100. The maximum Gasteiger partial charge on any atom is 0.273 e. The van der Waals surface area contributed by atoms with Gasteiger partial charge in [0.25, 0.3) is 11.8 Å². The number of nitrogens with one attached hydrogen (secondary N) is 2. The van der Waals surface area contributed by atoms with Gasteiger partial charge in [0, 0.05) is 17.4 Å². The van der Waals surface area contributed by atoms with Gasteiger partial charge in [0.05, 0.1) is 23.0 Å². The Bertz CT molecular complexity index is 1030. The van der Waals surface area contributed by atoms with Crippen LogP contribution in [-0.2, 0) is 0 Å². The van der Waals surface area contributed by atoms with E-state index in [-0.39, 0.29) is 5.56 Å². The summed E-state index contributed by atoms with van der Waals surface area (Å²) in [6.07, 6.45) is 4.40. The van der Waals surface area contributed by atoms with Gasteiger partial charge in [-0.3, -0.25) is 14.6 Å². The smallest absolute Gasteiger partial charge is 0.273 e. The molecule has 2 aromatic heterocycles. The molecule has 0 atom stereocenters. The Morgan fingerprint density at radius 2 is 2.00 bits per heavy atom. The molecule has 0 aliphatic carbocycles. The van der Waals surface area contributed by atoms with Crippen molar-refractivity contribution in [3.8, 4) is 0 Å². The number of carbonyl (C=O) groups is 2. The summed E-state index contributed by atoms with van der Waals surface area (Å²) in [4.78, 5) is 28.8. The first-order valence-corrected chi connectivity index (χ1v) is 8.73. The van der Waals surface area contributed by atoms with Crippen molar-refractivity contribution in [1.82, 2.24) is 10.4 Å². The second-order valence-corrected chi connectivity index (χ2v) is 6.41. The van der Waals surface area contributed by atoms with E-state index in [0.717, 1.165) is 11.3 Å². The predicted molar refractivity (Wildman–Crippen MR) is 107 cm³/mol. The molecule has 0 aliphatic heterocycles. The van der Waals surface area contributed by atoms with Gasteiger partial charge in [0.1, 0.15) is 11.5 Å². The molecular weight excluding hydrogens is 380 g/mol. The molecule has 1 aromatic carbocycles. The lowest BCUT2D eigenvalue weighted by atomic mass is 10.1. The number of aryl methyl sites for hydroxylation is 2. The van der Waals surface area contributed by atoms with Gasteiger partial charge in [-0.2, -0.15) is 5.10 Å². The Hall–Kier alpha value is -3.45. The number of pyridine rings is 1. The number of anilines is 1. The molecular formula is C20H17ClN4O3. The van der Waals surface area contributed by atoms with E-state index in [9.17, 15) is 9.59 Å². The molecule has 8 heteroatoms. The molecule has 0 spiro atoms. The third-order valence-electron chi connectivity index (χ3n) is 3.94. The zero-order chi connectivity index (χ0) is 20.1. The molecule has 0 saturated heterocycles. The molecule has 2 heterocycles. The number of furan rings is 1. The fourth-order valence-corrected chi connectivity index (χ4v) is 2.56. The lowest BCUT2D eigenvalue weighted by Crippen LogP contribution is -2.21. The summed E-state index contributed by atoms with van der Waals surface area (Å²) in [5.74, 6) is 0.379. The second kappa shape index (κ2) is 8.49. The number of carbonyl (C=O) groups excluding carboxylic acids is 2. The maximum absolute atomic E-state index is 12.5. The maximum atomic E-state index is 12.5. The zero-order valence-corrected chi connectivity index (χ0v) is 15.9. The van der Waals surface area contributed by atoms with Crippen LogP contribution in [0, 0.1) is 13.8 Å². The fourth-order valence-electron chi connectivity index (χ4n) is 2.39. The molecule has 0 radical (unpaired) electrons. The van der Waals surface area contributed by atoms with Gasteiger partial charge in [0.15, 0.2) is 0 Å².